The van der Waals surface area contributed by atoms with Crippen LogP contribution in [0.15, 0.2) is 33.5 Å². The number of aryl methyl sites for hydroxylation is 2. The number of halogens is 2. The molecule has 4 rings (SSSR count). The van der Waals surface area contributed by atoms with Gasteiger partial charge < -0.3 is 5.11 Å². The van der Waals surface area contributed by atoms with Crippen molar-refractivity contribution in [2.24, 2.45) is 0 Å². The quantitative estimate of drug-likeness (QED) is 0.501. The normalized spacial score (nSPS) is 19.0. The second kappa shape index (κ2) is 13.4. The maximum atomic E-state index is 12.2. The van der Waals surface area contributed by atoms with E-state index >= 15 is 0 Å². The van der Waals surface area contributed by atoms with Crippen molar-refractivity contribution >= 4 is 63.7 Å². The molecule has 11 nitrogen and oxygen atoms in total. The van der Waals surface area contributed by atoms with Gasteiger partial charge in [0.25, 0.3) is 0 Å². The van der Waals surface area contributed by atoms with Crippen molar-refractivity contribution in [1.29, 1.82) is 0 Å². The first-order chi connectivity index (χ1) is 16.8. The van der Waals surface area contributed by atoms with E-state index < -0.39 is 20.4 Å². The molecule has 0 amide bonds. The molecule has 0 atom stereocenters. The van der Waals surface area contributed by atoms with Gasteiger partial charge in [0.05, 0.1) is 22.8 Å². The van der Waals surface area contributed by atoms with Gasteiger partial charge in [0, 0.05) is 61.2 Å². The molecule has 0 radical (unpaired) electrons. The van der Waals surface area contributed by atoms with Gasteiger partial charge in [0.2, 0.25) is 0 Å². The summed E-state index contributed by atoms with van der Waals surface area (Å²) in [4.78, 5) is 8.31. The number of nitrogens with zero attached hydrogens (tertiary/aromatic N) is 5. The fraction of sp³-hybridized carbons (Fsp3) is 0.524. The summed E-state index contributed by atoms with van der Waals surface area (Å²) < 4.78 is 56.2. The zero-order valence-electron chi connectivity index (χ0n) is 20.6. The van der Waals surface area contributed by atoms with Gasteiger partial charge in [0.1, 0.15) is 0 Å². The van der Waals surface area contributed by atoms with Crippen molar-refractivity contribution in [2.75, 3.05) is 48.4 Å². The van der Waals surface area contributed by atoms with Crippen LogP contribution < -0.4 is 13.3 Å². The van der Waals surface area contributed by atoms with Gasteiger partial charge >= 0.3 is 20.4 Å². The zero-order chi connectivity index (χ0) is 27.1. The molecular weight excluding hydrogens is 640 g/mol. The first-order valence-corrected chi connectivity index (χ1v) is 15.6. The maximum Gasteiger partial charge on any atom is 0.303 e. The van der Waals surface area contributed by atoms with Gasteiger partial charge in [-0.15, -0.1) is 0 Å². The summed E-state index contributed by atoms with van der Waals surface area (Å²) in [5.74, 6) is 0. The minimum absolute atomic E-state index is 0.250. The predicted octanol–water partition coefficient (Wildman–Crippen LogP) is 2.73. The largest absolute Gasteiger partial charge is 0.397 e. The van der Waals surface area contributed by atoms with E-state index in [1.807, 2.05) is 6.92 Å². The van der Waals surface area contributed by atoms with Gasteiger partial charge in [-0.3, -0.25) is 18.6 Å². The summed E-state index contributed by atoms with van der Waals surface area (Å²) in [6.07, 6.45) is 4.94. The number of pyridine rings is 2. The summed E-state index contributed by atoms with van der Waals surface area (Å²) >= 11 is 6.61. The van der Waals surface area contributed by atoms with E-state index in [0.29, 0.717) is 48.9 Å². The van der Waals surface area contributed by atoms with Crippen LogP contribution in [-0.4, -0.2) is 76.0 Å². The Bertz CT molecular complexity index is 1250. The number of hydrogen-bond acceptors (Lipinski definition) is 7. The van der Waals surface area contributed by atoms with Gasteiger partial charge in [-0.1, -0.05) is 0 Å². The number of hydrogen-bond donors (Lipinski definition) is 2. The first kappa shape index (κ1) is 30.9. The molecule has 2 aromatic heterocycles. The molecule has 2 aliphatic heterocycles. The molecule has 4 heterocycles. The summed E-state index contributed by atoms with van der Waals surface area (Å²) in [6.45, 7) is 7.61. The van der Waals surface area contributed by atoms with Crippen LogP contribution in [0.25, 0.3) is 0 Å². The molecule has 0 unspecified atom stereocenters. The van der Waals surface area contributed by atoms with Crippen LogP contribution in [0.2, 0.25) is 0 Å². The first-order valence-electron chi connectivity index (χ1n) is 11.2. The highest BCUT2D eigenvalue weighted by Gasteiger charge is 2.32. The molecule has 36 heavy (non-hydrogen) atoms. The van der Waals surface area contributed by atoms with Crippen molar-refractivity contribution in [1.82, 2.24) is 19.0 Å². The third-order valence-corrected chi connectivity index (χ3v) is 9.51. The van der Waals surface area contributed by atoms with Gasteiger partial charge in [0.15, 0.2) is 0 Å². The number of nitrogens with one attached hydrogen (secondary N) is 1. The second-order valence-electron chi connectivity index (χ2n) is 7.91. The zero-order valence-corrected chi connectivity index (χ0v) is 25.5. The van der Waals surface area contributed by atoms with Crippen molar-refractivity contribution < 1.29 is 21.9 Å². The van der Waals surface area contributed by atoms with Crippen molar-refractivity contribution in [3.05, 3.63) is 44.9 Å². The van der Waals surface area contributed by atoms with E-state index in [9.17, 15) is 16.8 Å². The highest BCUT2D eigenvalue weighted by Crippen LogP contribution is 2.28. The molecule has 2 aromatic rings. The molecule has 15 heteroatoms. The lowest BCUT2D eigenvalue weighted by Gasteiger charge is -2.34. The summed E-state index contributed by atoms with van der Waals surface area (Å²) in [5.41, 5.74) is 2.69. The maximum absolute atomic E-state index is 12.2. The average molecular weight is 672 g/mol. The predicted molar refractivity (Wildman–Crippen MR) is 149 cm³/mol. The van der Waals surface area contributed by atoms with E-state index in [1.54, 1.807) is 45.4 Å². The number of aromatic nitrogens is 2. The Labute approximate surface area is 230 Å². The van der Waals surface area contributed by atoms with Crippen LogP contribution in [0, 0.1) is 13.8 Å². The fourth-order valence-corrected chi connectivity index (χ4v) is 6.95. The molecule has 0 bridgehead atoms. The second-order valence-corrected chi connectivity index (χ2v) is 13.4. The van der Waals surface area contributed by atoms with E-state index in [0.717, 1.165) is 21.8 Å². The molecule has 2 saturated heterocycles. The lowest BCUT2D eigenvalue weighted by atomic mass is 10.3. The Morgan fingerprint density at radius 2 is 1.39 bits per heavy atom. The third kappa shape index (κ3) is 7.82. The van der Waals surface area contributed by atoms with E-state index in [1.165, 1.54) is 12.9 Å². The van der Waals surface area contributed by atoms with Crippen LogP contribution in [0.1, 0.15) is 31.2 Å². The van der Waals surface area contributed by atoms with Crippen LogP contribution >= 0.6 is 31.9 Å². The summed E-state index contributed by atoms with van der Waals surface area (Å²) in [6, 6.07) is 3.56. The SMILES string of the molecule is CCO.Cc1ncc(Br)cc1N1CCCN(C)S1(=O)=O.Cc1ncc(Br)cc1N1CCCNS1(=O)=O. The average Bonchev–Trinajstić information content (AvgIpc) is 2.80. The highest BCUT2D eigenvalue weighted by molar-refractivity contribution is 9.10. The van der Waals surface area contributed by atoms with Crippen molar-refractivity contribution in [3.63, 3.8) is 0 Å². The Kier molecular flexibility index (Phi) is 11.5. The standard InChI is InChI=1S/C10H14BrN3O2S.C9H12BrN3O2S.C2H6O/c1-8-10(6-9(11)7-12-8)14-5-3-4-13(2)17(14,15)16;1-7-9(5-8(10)6-11-7)13-4-2-3-12-16(13,14)15;1-2-3/h6-7H,3-5H2,1-2H3;5-6,12H,2-4H2,1H3;3H,2H2,1H3. The van der Waals surface area contributed by atoms with Crippen molar-refractivity contribution in [2.45, 2.75) is 33.6 Å². The van der Waals surface area contributed by atoms with E-state index in [4.69, 9.17) is 5.11 Å². The lowest BCUT2D eigenvalue weighted by molar-refractivity contribution is 0.318. The number of rotatable bonds is 2. The van der Waals surface area contributed by atoms with E-state index in [-0.39, 0.29) is 6.61 Å². The molecule has 202 valence electrons. The number of anilines is 2. The summed E-state index contributed by atoms with van der Waals surface area (Å²) in [5, 5.41) is 7.57. The smallest absolute Gasteiger partial charge is 0.303 e. The Hall–Kier alpha value is -1.36. The highest BCUT2D eigenvalue weighted by atomic mass is 79.9. The van der Waals surface area contributed by atoms with Gasteiger partial charge in [-0.2, -0.15) is 25.9 Å². The fourth-order valence-electron chi connectivity index (χ4n) is 3.45. The summed E-state index contributed by atoms with van der Waals surface area (Å²) in [7, 11) is -5.18. The Balaban J connectivity index is 0.000000229. The van der Waals surface area contributed by atoms with Crippen LogP contribution in [0.3, 0.4) is 0 Å². The molecule has 0 aromatic carbocycles. The van der Waals surface area contributed by atoms with Crippen LogP contribution in [0.5, 0.6) is 0 Å². The Morgan fingerprint density at radius 3 is 1.89 bits per heavy atom. The molecule has 2 fully saturated rings. The number of aliphatic hydroxyl groups excluding tert-OH is 1. The minimum atomic E-state index is -3.39. The van der Waals surface area contributed by atoms with Gasteiger partial charge in [-0.25, -0.2) is 0 Å². The van der Waals surface area contributed by atoms with Crippen molar-refractivity contribution in [3.8, 4) is 0 Å². The topological polar surface area (TPSA) is 136 Å². The Morgan fingerprint density at radius 1 is 0.917 bits per heavy atom. The monoisotopic (exact) mass is 670 g/mol. The molecule has 2 N–H and O–H groups in total. The minimum Gasteiger partial charge on any atom is -0.397 e. The van der Waals surface area contributed by atoms with E-state index in [2.05, 4.69) is 46.5 Å². The molecule has 0 spiro atoms. The lowest BCUT2D eigenvalue weighted by Crippen LogP contribution is -2.48. The van der Waals surface area contributed by atoms with Gasteiger partial charge in [-0.05, 0) is 77.6 Å². The molecule has 2 aliphatic rings. The van der Waals surface area contributed by atoms with Crippen LogP contribution in [-0.2, 0) is 20.4 Å². The number of aliphatic hydroxyl groups is 1. The third-order valence-electron chi connectivity index (χ3n) is 5.21. The molecule has 0 saturated carbocycles. The molecular formula is C21H32Br2N6O5S2. The molecule has 0 aliphatic carbocycles. The van der Waals surface area contributed by atoms with Crippen LogP contribution in [0.4, 0.5) is 11.4 Å².